The fourth-order valence-electron chi connectivity index (χ4n) is 2.14. The Morgan fingerprint density at radius 1 is 1.35 bits per heavy atom. The Labute approximate surface area is 153 Å². The van der Waals surface area contributed by atoms with Crippen molar-refractivity contribution in [3.8, 4) is 11.6 Å². The number of esters is 1. The van der Waals surface area contributed by atoms with Crippen molar-refractivity contribution < 1.29 is 23.3 Å². The standard InChI is InChI=1S/C17H17N3O5S/c1-20(9-12-6-8-26-11-12)15(21)10-24-16(22)5-4-14-18-17(19-25-14)13-3-2-7-23-13/h2-3,6-8,11H,4-5,9-10H2,1H3. The number of hydrogen-bond donors (Lipinski definition) is 0. The monoisotopic (exact) mass is 375 g/mol. The van der Waals surface area contributed by atoms with E-state index in [4.69, 9.17) is 13.7 Å². The van der Waals surface area contributed by atoms with Gasteiger partial charge in [0.1, 0.15) is 0 Å². The highest BCUT2D eigenvalue weighted by Crippen LogP contribution is 2.16. The van der Waals surface area contributed by atoms with Crippen molar-refractivity contribution in [1.82, 2.24) is 15.0 Å². The van der Waals surface area contributed by atoms with Gasteiger partial charge in [-0.05, 0) is 34.5 Å². The minimum absolute atomic E-state index is 0.0430. The molecule has 26 heavy (non-hydrogen) atoms. The van der Waals surface area contributed by atoms with Crippen LogP contribution in [0.15, 0.2) is 44.2 Å². The number of amides is 1. The molecule has 3 rings (SSSR count). The van der Waals surface area contributed by atoms with Gasteiger partial charge in [-0.25, -0.2) is 0 Å². The Morgan fingerprint density at radius 3 is 2.96 bits per heavy atom. The summed E-state index contributed by atoms with van der Waals surface area (Å²) in [5, 5.41) is 7.69. The summed E-state index contributed by atoms with van der Waals surface area (Å²) in [5.41, 5.74) is 1.04. The first-order chi connectivity index (χ1) is 12.6. The SMILES string of the molecule is CN(Cc1ccsc1)C(=O)COC(=O)CCc1nc(-c2ccco2)no1. The second-order valence-electron chi connectivity index (χ2n) is 5.53. The summed E-state index contributed by atoms with van der Waals surface area (Å²) in [6.07, 6.45) is 1.78. The molecule has 0 fully saturated rings. The number of carbonyl (C=O) groups excluding carboxylic acids is 2. The molecule has 0 bridgehead atoms. The van der Waals surface area contributed by atoms with Gasteiger partial charge in [-0.3, -0.25) is 9.59 Å². The summed E-state index contributed by atoms with van der Waals surface area (Å²) in [4.78, 5) is 29.4. The molecule has 0 aliphatic rings. The highest BCUT2D eigenvalue weighted by Gasteiger charge is 2.15. The number of aryl methyl sites for hydroxylation is 1. The van der Waals surface area contributed by atoms with Crippen LogP contribution in [-0.2, 0) is 27.3 Å². The van der Waals surface area contributed by atoms with Gasteiger partial charge in [0, 0.05) is 20.0 Å². The minimum atomic E-state index is -0.500. The lowest BCUT2D eigenvalue weighted by Crippen LogP contribution is -2.30. The zero-order valence-electron chi connectivity index (χ0n) is 14.1. The van der Waals surface area contributed by atoms with Crippen LogP contribution in [0, 0.1) is 0 Å². The molecule has 0 aliphatic heterocycles. The number of ether oxygens (including phenoxy) is 1. The van der Waals surface area contributed by atoms with Crippen LogP contribution in [0.4, 0.5) is 0 Å². The van der Waals surface area contributed by atoms with E-state index in [1.807, 2.05) is 16.8 Å². The van der Waals surface area contributed by atoms with Crippen molar-refractivity contribution in [1.29, 1.82) is 0 Å². The normalized spacial score (nSPS) is 10.7. The maximum absolute atomic E-state index is 12.0. The summed E-state index contributed by atoms with van der Waals surface area (Å²) in [5.74, 6) is 0.349. The van der Waals surface area contributed by atoms with Crippen LogP contribution in [0.3, 0.4) is 0 Å². The van der Waals surface area contributed by atoms with Crippen molar-refractivity contribution >= 4 is 23.2 Å². The number of aromatic nitrogens is 2. The molecule has 0 aliphatic carbocycles. The zero-order valence-corrected chi connectivity index (χ0v) is 14.9. The van der Waals surface area contributed by atoms with E-state index in [-0.39, 0.29) is 25.4 Å². The maximum Gasteiger partial charge on any atom is 0.306 e. The number of nitrogens with zero attached hydrogens (tertiary/aromatic N) is 3. The molecule has 0 aromatic carbocycles. The number of carbonyl (C=O) groups is 2. The summed E-state index contributed by atoms with van der Waals surface area (Å²) >= 11 is 1.57. The molecule has 0 saturated carbocycles. The summed E-state index contributed by atoms with van der Waals surface area (Å²) in [6.45, 7) is 0.193. The molecule has 0 spiro atoms. The first-order valence-corrected chi connectivity index (χ1v) is 8.83. The predicted octanol–water partition coefficient (Wildman–Crippen LogP) is 2.53. The number of rotatable bonds is 8. The van der Waals surface area contributed by atoms with Crippen molar-refractivity contribution in [3.05, 3.63) is 46.7 Å². The molecular weight excluding hydrogens is 358 g/mol. The third-order valence-corrected chi connectivity index (χ3v) is 4.27. The van der Waals surface area contributed by atoms with E-state index in [0.29, 0.717) is 24.0 Å². The third kappa shape index (κ3) is 4.79. The molecule has 0 radical (unpaired) electrons. The smallest absolute Gasteiger partial charge is 0.306 e. The number of thiophene rings is 1. The molecule has 3 aromatic rings. The van der Waals surface area contributed by atoms with Crippen molar-refractivity contribution in [2.75, 3.05) is 13.7 Å². The maximum atomic E-state index is 12.0. The van der Waals surface area contributed by atoms with Crippen molar-refractivity contribution in [3.63, 3.8) is 0 Å². The molecule has 0 atom stereocenters. The first kappa shape index (κ1) is 17.9. The van der Waals surface area contributed by atoms with Crippen LogP contribution in [0.25, 0.3) is 11.6 Å². The van der Waals surface area contributed by atoms with Gasteiger partial charge in [0.15, 0.2) is 12.4 Å². The topological polar surface area (TPSA) is 98.7 Å². The molecule has 1 amide bonds. The lowest BCUT2D eigenvalue weighted by atomic mass is 10.3. The Hall–Kier alpha value is -2.94. The molecule has 0 unspecified atom stereocenters. The van der Waals surface area contributed by atoms with Crippen LogP contribution in [0.5, 0.6) is 0 Å². The molecule has 3 aromatic heterocycles. The van der Waals surface area contributed by atoms with Gasteiger partial charge in [0.05, 0.1) is 12.7 Å². The van der Waals surface area contributed by atoms with Crippen molar-refractivity contribution in [2.24, 2.45) is 0 Å². The van der Waals surface area contributed by atoms with Gasteiger partial charge >= 0.3 is 5.97 Å². The Morgan fingerprint density at radius 2 is 2.23 bits per heavy atom. The van der Waals surface area contributed by atoms with Gasteiger partial charge in [-0.2, -0.15) is 16.3 Å². The fourth-order valence-corrected chi connectivity index (χ4v) is 2.80. The van der Waals surface area contributed by atoms with Gasteiger partial charge < -0.3 is 18.6 Å². The average Bonchev–Trinajstić information content (AvgIpc) is 3.39. The van der Waals surface area contributed by atoms with E-state index in [9.17, 15) is 9.59 Å². The van der Waals surface area contributed by atoms with Crippen LogP contribution in [0.1, 0.15) is 17.9 Å². The third-order valence-electron chi connectivity index (χ3n) is 3.53. The number of hydrogen-bond acceptors (Lipinski definition) is 8. The van der Waals surface area contributed by atoms with E-state index in [0.717, 1.165) is 5.56 Å². The van der Waals surface area contributed by atoms with E-state index in [1.165, 1.54) is 11.2 Å². The van der Waals surface area contributed by atoms with E-state index >= 15 is 0 Å². The molecule has 0 N–H and O–H groups in total. The summed E-state index contributed by atoms with van der Waals surface area (Å²) in [7, 11) is 1.67. The first-order valence-electron chi connectivity index (χ1n) is 7.89. The number of furan rings is 1. The van der Waals surface area contributed by atoms with Crippen LogP contribution < -0.4 is 0 Å². The largest absolute Gasteiger partial charge is 0.461 e. The highest BCUT2D eigenvalue weighted by molar-refractivity contribution is 7.07. The molecule has 9 heteroatoms. The van der Waals surface area contributed by atoms with E-state index < -0.39 is 5.97 Å². The lowest BCUT2D eigenvalue weighted by molar-refractivity contribution is -0.151. The molecule has 8 nitrogen and oxygen atoms in total. The van der Waals surface area contributed by atoms with Gasteiger partial charge in [-0.15, -0.1) is 0 Å². The van der Waals surface area contributed by atoms with Crippen LogP contribution >= 0.6 is 11.3 Å². The van der Waals surface area contributed by atoms with Crippen LogP contribution in [0.2, 0.25) is 0 Å². The highest BCUT2D eigenvalue weighted by atomic mass is 32.1. The van der Waals surface area contributed by atoms with Gasteiger partial charge in [-0.1, -0.05) is 5.16 Å². The van der Waals surface area contributed by atoms with Crippen LogP contribution in [-0.4, -0.2) is 40.6 Å². The predicted molar refractivity (Wildman–Crippen MR) is 92.1 cm³/mol. The van der Waals surface area contributed by atoms with Gasteiger partial charge in [0.2, 0.25) is 11.7 Å². The summed E-state index contributed by atoms with van der Waals surface area (Å²) < 4.78 is 15.2. The molecule has 0 saturated heterocycles. The Kier molecular flexibility index (Phi) is 5.80. The molecule has 136 valence electrons. The lowest BCUT2D eigenvalue weighted by Gasteiger charge is -2.16. The van der Waals surface area contributed by atoms with Gasteiger partial charge in [0.25, 0.3) is 5.91 Å². The average molecular weight is 375 g/mol. The second kappa shape index (κ2) is 8.43. The quantitative estimate of drug-likeness (QED) is 0.558. The van der Waals surface area contributed by atoms with Crippen molar-refractivity contribution in [2.45, 2.75) is 19.4 Å². The second-order valence-corrected chi connectivity index (χ2v) is 6.31. The Bertz CT molecular complexity index is 842. The van der Waals surface area contributed by atoms with E-state index in [1.54, 1.807) is 30.5 Å². The minimum Gasteiger partial charge on any atom is -0.461 e. The fraction of sp³-hybridized carbons (Fsp3) is 0.294. The molecule has 3 heterocycles. The zero-order chi connectivity index (χ0) is 18.4. The van der Waals surface area contributed by atoms with E-state index in [2.05, 4.69) is 10.1 Å². The molecular formula is C17H17N3O5S. The Balaban J connectivity index is 1.39. The number of likely N-dealkylation sites (N-methyl/N-ethyl adjacent to an activating group) is 1. The summed E-state index contributed by atoms with van der Waals surface area (Å²) in [6, 6.07) is 5.37.